The lowest BCUT2D eigenvalue weighted by molar-refractivity contribution is 0.583. The van der Waals surface area contributed by atoms with E-state index in [-0.39, 0.29) is 0 Å². The Hall–Kier alpha value is -0.730. The minimum atomic E-state index is -3.45. The van der Waals surface area contributed by atoms with Gasteiger partial charge in [0.1, 0.15) is 4.21 Å². The molecule has 4 nitrogen and oxygen atoms in total. The van der Waals surface area contributed by atoms with E-state index in [4.69, 9.17) is 0 Å². The van der Waals surface area contributed by atoms with Gasteiger partial charge in [0.15, 0.2) is 0 Å². The molecule has 0 atom stereocenters. The van der Waals surface area contributed by atoms with Crippen molar-refractivity contribution in [2.24, 2.45) is 0 Å². The molecule has 0 fully saturated rings. The molecule has 0 bridgehead atoms. The standard InChI is InChI=1S/C14H15BrN2O2S2/c1-9-4-13(20-14(9)15)21(18,19)17-6-10-2-3-11-7-16-8-12(11)5-10/h2-5,16-17H,6-8H2,1H3. The van der Waals surface area contributed by atoms with Crippen LogP contribution in [0.4, 0.5) is 0 Å². The quantitative estimate of drug-likeness (QED) is 0.848. The molecule has 21 heavy (non-hydrogen) atoms. The van der Waals surface area contributed by atoms with Gasteiger partial charge in [0, 0.05) is 19.6 Å². The van der Waals surface area contributed by atoms with Crippen molar-refractivity contribution in [3.05, 3.63) is 50.3 Å². The van der Waals surface area contributed by atoms with Crippen molar-refractivity contribution in [2.45, 2.75) is 30.8 Å². The zero-order valence-corrected chi connectivity index (χ0v) is 14.7. The summed E-state index contributed by atoms with van der Waals surface area (Å²) in [5.41, 5.74) is 4.46. The molecule has 0 saturated heterocycles. The van der Waals surface area contributed by atoms with Gasteiger partial charge >= 0.3 is 0 Å². The van der Waals surface area contributed by atoms with Gasteiger partial charge in [-0.05, 0) is 51.2 Å². The Morgan fingerprint density at radius 1 is 1.29 bits per heavy atom. The van der Waals surface area contributed by atoms with Crippen LogP contribution in [0.15, 0.2) is 32.3 Å². The number of sulfonamides is 1. The highest BCUT2D eigenvalue weighted by Gasteiger charge is 2.18. The van der Waals surface area contributed by atoms with Crippen LogP contribution in [-0.2, 0) is 29.7 Å². The fourth-order valence-electron chi connectivity index (χ4n) is 2.27. The van der Waals surface area contributed by atoms with Crippen LogP contribution in [0.1, 0.15) is 22.3 Å². The number of fused-ring (bicyclic) bond motifs is 1. The highest BCUT2D eigenvalue weighted by Crippen LogP contribution is 2.30. The Morgan fingerprint density at radius 3 is 2.76 bits per heavy atom. The number of hydrogen-bond acceptors (Lipinski definition) is 4. The lowest BCUT2D eigenvalue weighted by Gasteiger charge is -2.06. The second kappa shape index (κ2) is 5.81. The lowest BCUT2D eigenvalue weighted by atomic mass is 10.1. The lowest BCUT2D eigenvalue weighted by Crippen LogP contribution is -2.22. The summed E-state index contributed by atoms with van der Waals surface area (Å²) in [5, 5.41) is 3.28. The van der Waals surface area contributed by atoms with Crippen molar-refractivity contribution < 1.29 is 8.42 Å². The van der Waals surface area contributed by atoms with Crippen molar-refractivity contribution in [1.29, 1.82) is 0 Å². The molecule has 3 rings (SSSR count). The maximum atomic E-state index is 12.3. The largest absolute Gasteiger partial charge is 0.309 e. The molecule has 112 valence electrons. The first-order chi connectivity index (χ1) is 9.95. The van der Waals surface area contributed by atoms with E-state index in [1.807, 2.05) is 13.0 Å². The van der Waals surface area contributed by atoms with Gasteiger partial charge in [-0.3, -0.25) is 0 Å². The Morgan fingerprint density at radius 2 is 2.05 bits per heavy atom. The van der Waals surface area contributed by atoms with Gasteiger partial charge < -0.3 is 5.32 Å². The minimum absolute atomic E-state index is 0.310. The first kappa shape index (κ1) is 15.2. The van der Waals surface area contributed by atoms with Crippen LogP contribution in [0.25, 0.3) is 0 Å². The van der Waals surface area contributed by atoms with Crippen LogP contribution in [0, 0.1) is 6.92 Å². The van der Waals surface area contributed by atoms with Gasteiger partial charge in [-0.15, -0.1) is 11.3 Å². The SMILES string of the molecule is Cc1cc(S(=O)(=O)NCc2ccc3c(c2)CNC3)sc1Br. The number of nitrogens with one attached hydrogen (secondary N) is 2. The molecule has 1 aromatic carbocycles. The highest BCUT2D eigenvalue weighted by atomic mass is 79.9. The van der Waals surface area contributed by atoms with Crippen LogP contribution in [0.5, 0.6) is 0 Å². The predicted molar refractivity (Wildman–Crippen MR) is 87.8 cm³/mol. The van der Waals surface area contributed by atoms with Crippen LogP contribution >= 0.6 is 27.3 Å². The molecular formula is C14H15BrN2O2S2. The number of halogens is 1. The second-order valence-corrected chi connectivity index (χ2v) is 9.42. The molecule has 7 heteroatoms. The summed E-state index contributed by atoms with van der Waals surface area (Å²) < 4.78 is 28.4. The maximum Gasteiger partial charge on any atom is 0.250 e. The summed E-state index contributed by atoms with van der Waals surface area (Å²) in [7, 11) is -3.45. The molecule has 0 aliphatic carbocycles. The Balaban J connectivity index is 1.75. The number of rotatable bonds is 4. The Labute approximate surface area is 136 Å². The number of hydrogen-bond donors (Lipinski definition) is 2. The monoisotopic (exact) mass is 386 g/mol. The van der Waals surface area contributed by atoms with Crippen molar-refractivity contribution in [3.63, 3.8) is 0 Å². The molecule has 0 radical (unpaired) electrons. The third kappa shape index (κ3) is 3.22. The first-order valence-electron chi connectivity index (χ1n) is 6.53. The normalized spacial score (nSPS) is 14.4. The maximum absolute atomic E-state index is 12.3. The van der Waals surface area contributed by atoms with Crippen LogP contribution in [0.3, 0.4) is 0 Å². The average molecular weight is 387 g/mol. The molecule has 1 aliphatic rings. The Bertz CT molecular complexity index is 765. The van der Waals surface area contributed by atoms with Gasteiger partial charge in [-0.2, -0.15) is 0 Å². The van der Waals surface area contributed by atoms with E-state index in [1.165, 1.54) is 22.5 Å². The molecule has 1 aliphatic heterocycles. The summed E-state index contributed by atoms with van der Waals surface area (Å²) in [5.74, 6) is 0. The molecule has 0 unspecified atom stereocenters. The molecule has 2 heterocycles. The molecule has 0 spiro atoms. The highest BCUT2D eigenvalue weighted by molar-refractivity contribution is 9.11. The van der Waals surface area contributed by atoms with Crippen molar-refractivity contribution in [1.82, 2.24) is 10.0 Å². The van der Waals surface area contributed by atoms with Crippen LogP contribution < -0.4 is 10.0 Å². The van der Waals surface area contributed by atoms with E-state index in [0.29, 0.717) is 10.8 Å². The molecule has 2 aromatic rings. The zero-order chi connectivity index (χ0) is 15.0. The van der Waals surface area contributed by atoms with Crippen LogP contribution in [0.2, 0.25) is 0 Å². The van der Waals surface area contributed by atoms with E-state index in [1.54, 1.807) is 6.07 Å². The van der Waals surface area contributed by atoms with Crippen molar-refractivity contribution in [2.75, 3.05) is 0 Å². The topological polar surface area (TPSA) is 58.2 Å². The van der Waals surface area contributed by atoms with E-state index < -0.39 is 10.0 Å². The third-order valence-corrected chi connectivity index (χ3v) is 7.48. The van der Waals surface area contributed by atoms with E-state index in [9.17, 15) is 8.42 Å². The van der Waals surface area contributed by atoms with Gasteiger partial charge in [-0.1, -0.05) is 18.2 Å². The summed E-state index contributed by atoms with van der Waals surface area (Å²) in [4.78, 5) is 0. The molecule has 0 amide bonds. The number of thiophene rings is 1. The summed E-state index contributed by atoms with van der Waals surface area (Å²) >= 11 is 4.59. The predicted octanol–water partition coefficient (Wildman–Crippen LogP) is 2.90. The molecule has 1 aromatic heterocycles. The summed E-state index contributed by atoms with van der Waals surface area (Å²) in [6.07, 6.45) is 0. The average Bonchev–Trinajstić information content (AvgIpc) is 3.04. The fraction of sp³-hybridized carbons (Fsp3) is 0.286. The number of aryl methyl sites for hydroxylation is 1. The third-order valence-electron chi connectivity index (χ3n) is 3.47. The van der Waals surface area contributed by atoms with Crippen molar-refractivity contribution >= 4 is 37.3 Å². The summed E-state index contributed by atoms with van der Waals surface area (Å²) in [6, 6.07) is 7.78. The van der Waals surface area contributed by atoms with Gasteiger partial charge in [-0.25, -0.2) is 13.1 Å². The second-order valence-electron chi connectivity index (χ2n) is 5.05. The zero-order valence-electron chi connectivity index (χ0n) is 11.4. The van der Waals surface area contributed by atoms with E-state index in [0.717, 1.165) is 28.0 Å². The minimum Gasteiger partial charge on any atom is -0.309 e. The van der Waals surface area contributed by atoms with E-state index >= 15 is 0 Å². The molecule has 2 N–H and O–H groups in total. The Kier molecular flexibility index (Phi) is 4.20. The molecule has 0 saturated carbocycles. The fourth-order valence-corrected chi connectivity index (χ4v) is 5.56. The van der Waals surface area contributed by atoms with E-state index in [2.05, 4.69) is 38.1 Å². The smallest absolute Gasteiger partial charge is 0.250 e. The summed E-state index contributed by atoms with van der Waals surface area (Å²) in [6.45, 7) is 3.94. The molecular weight excluding hydrogens is 372 g/mol. The van der Waals surface area contributed by atoms with Crippen molar-refractivity contribution in [3.8, 4) is 0 Å². The number of benzene rings is 1. The van der Waals surface area contributed by atoms with Crippen LogP contribution in [-0.4, -0.2) is 8.42 Å². The first-order valence-corrected chi connectivity index (χ1v) is 9.62. The van der Waals surface area contributed by atoms with Gasteiger partial charge in [0.25, 0.3) is 0 Å². The van der Waals surface area contributed by atoms with Gasteiger partial charge in [0.2, 0.25) is 10.0 Å². The van der Waals surface area contributed by atoms with Gasteiger partial charge in [0.05, 0.1) is 3.79 Å².